The number of hydrogen-bond acceptors (Lipinski definition) is 4. The Hall–Kier alpha value is -2.28. The van der Waals surface area contributed by atoms with E-state index in [0.717, 1.165) is 6.07 Å². The molecule has 110 valence electrons. The molecule has 7 heteroatoms. The lowest BCUT2D eigenvalue weighted by Crippen LogP contribution is -2.36. The van der Waals surface area contributed by atoms with E-state index in [1.807, 2.05) is 19.0 Å². The van der Waals surface area contributed by atoms with Crippen LogP contribution < -0.4 is 5.32 Å². The van der Waals surface area contributed by atoms with E-state index in [2.05, 4.69) is 5.32 Å². The Morgan fingerprint density at radius 3 is 2.40 bits per heavy atom. The molecule has 0 aliphatic carbocycles. The maximum absolute atomic E-state index is 11.9. The van der Waals surface area contributed by atoms with Crippen LogP contribution in [-0.2, 0) is 0 Å². The molecule has 0 radical (unpaired) electrons. The van der Waals surface area contributed by atoms with Crippen LogP contribution in [-0.4, -0.2) is 66.2 Å². The molecule has 0 bridgehead atoms. The average Bonchev–Trinajstić information content (AvgIpc) is 2.37. The molecular formula is C13H19N3O4. The summed E-state index contributed by atoms with van der Waals surface area (Å²) in [5, 5.41) is 20.8. The topological polar surface area (TPSA) is 93.1 Å². The minimum atomic E-state index is -1.22. The van der Waals surface area contributed by atoms with Crippen molar-refractivity contribution in [2.45, 2.75) is 0 Å². The smallest absolute Gasteiger partial charge is 0.337 e. The summed E-state index contributed by atoms with van der Waals surface area (Å²) in [6.45, 7) is 1.21. The van der Waals surface area contributed by atoms with Gasteiger partial charge in [-0.15, -0.1) is 0 Å². The zero-order valence-corrected chi connectivity index (χ0v) is 11.8. The van der Waals surface area contributed by atoms with Gasteiger partial charge in [-0.1, -0.05) is 0 Å². The summed E-state index contributed by atoms with van der Waals surface area (Å²) in [6, 6.07) is 3.37. The number of hydrogen-bond donors (Lipinski definition) is 3. The van der Waals surface area contributed by atoms with Crippen LogP contribution in [0.25, 0.3) is 0 Å². The number of aromatic hydroxyl groups is 1. The highest BCUT2D eigenvalue weighted by molar-refractivity contribution is 6.00. The largest absolute Gasteiger partial charge is 0.508 e. The molecule has 0 aliphatic heterocycles. The third kappa shape index (κ3) is 4.43. The second kappa shape index (κ2) is 6.76. The lowest BCUT2D eigenvalue weighted by molar-refractivity contribution is 0.0697. The van der Waals surface area contributed by atoms with Crippen LogP contribution in [0.3, 0.4) is 0 Å². The minimum Gasteiger partial charge on any atom is -0.508 e. The van der Waals surface area contributed by atoms with Crippen LogP contribution in [0.4, 0.5) is 10.5 Å². The minimum absolute atomic E-state index is 0.150. The van der Waals surface area contributed by atoms with Crippen molar-refractivity contribution in [3.63, 3.8) is 0 Å². The number of carboxylic acid groups (broad SMARTS) is 1. The van der Waals surface area contributed by atoms with E-state index in [1.165, 1.54) is 17.0 Å². The first-order valence-corrected chi connectivity index (χ1v) is 6.04. The fourth-order valence-electron chi connectivity index (χ4n) is 1.48. The van der Waals surface area contributed by atoms with Gasteiger partial charge in [-0.05, 0) is 32.3 Å². The number of urea groups is 1. The number of carbonyl (C=O) groups is 2. The van der Waals surface area contributed by atoms with Crippen molar-refractivity contribution in [1.82, 2.24) is 9.80 Å². The van der Waals surface area contributed by atoms with Gasteiger partial charge in [0.2, 0.25) is 0 Å². The van der Waals surface area contributed by atoms with Crippen molar-refractivity contribution in [3.05, 3.63) is 23.8 Å². The fraction of sp³-hybridized carbons (Fsp3) is 0.385. The molecule has 1 aromatic rings. The van der Waals surface area contributed by atoms with Crippen LogP contribution in [0.1, 0.15) is 10.4 Å². The number of amides is 2. The average molecular weight is 281 g/mol. The van der Waals surface area contributed by atoms with Crippen molar-refractivity contribution in [2.75, 3.05) is 39.5 Å². The molecule has 20 heavy (non-hydrogen) atoms. The van der Waals surface area contributed by atoms with Crippen molar-refractivity contribution in [3.8, 4) is 5.75 Å². The van der Waals surface area contributed by atoms with E-state index >= 15 is 0 Å². The molecule has 1 rings (SSSR count). The Kier molecular flexibility index (Phi) is 5.33. The quantitative estimate of drug-likeness (QED) is 0.703. The molecule has 0 saturated heterocycles. The zero-order valence-electron chi connectivity index (χ0n) is 11.8. The summed E-state index contributed by atoms with van der Waals surface area (Å²) in [5.74, 6) is -1.38. The summed E-state index contributed by atoms with van der Waals surface area (Å²) in [6.07, 6.45) is 0. The molecule has 0 saturated carbocycles. The van der Waals surface area contributed by atoms with Crippen molar-refractivity contribution >= 4 is 17.7 Å². The number of benzene rings is 1. The van der Waals surface area contributed by atoms with Gasteiger partial charge in [-0.25, -0.2) is 9.59 Å². The van der Waals surface area contributed by atoms with Gasteiger partial charge in [0.05, 0.1) is 11.3 Å². The maximum Gasteiger partial charge on any atom is 0.337 e. The number of carbonyl (C=O) groups excluding carboxylic acids is 1. The molecule has 0 aliphatic rings. The molecule has 3 N–H and O–H groups in total. The van der Waals surface area contributed by atoms with Gasteiger partial charge in [0.25, 0.3) is 0 Å². The van der Waals surface area contributed by atoms with Crippen LogP contribution in [0.5, 0.6) is 5.75 Å². The van der Waals surface area contributed by atoms with Gasteiger partial charge in [0.15, 0.2) is 0 Å². The van der Waals surface area contributed by atoms with Gasteiger partial charge in [0.1, 0.15) is 5.75 Å². The normalized spacial score (nSPS) is 10.4. The molecule has 0 spiro atoms. The summed E-state index contributed by atoms with van der Waals surface area (Å²) in [5.41, 5.74) is -0.00337. The maximum atomic E-state index is 11.9. The van der Waals surface area contributed by atoms with E-state index in [4.69, 9.17) is 5.11 Å². The van der Waals surface area contributed by atoms with Crippen molar-refractivity contribution in [1.29, 1.82) is 0 Å². The highest BCUT2D eigenvalue weighted by atomic mass is 16.4. The predicted octanol–water partition coefficient (Wildman–Crippen LogP) is 1.12. The number of aromatic carboxylic acids is 1. The number of phenolic OH excluding ortho intramolecular Hbond substituents is 1. The van der Waals surface area contributed by atoms with Crippen molar-refractivity contribution < 1.29 is 19.8 Å². The lowest BCUT2D eigenvalue weighted by Gasteiger charge is -2.20. The zero-order chi connectivity index (χ0) is 15.3. The fourth-order valence-corrected chi connectivity index (χ4v) is 1.48. The van der Waals surface area contributed by atoms with Gasteiger partial charge >= 0.3 is 12.0 Å². The third-order valence-electron chi connectivity index (χ3n) is 2.70. The Labute approximate surface area is 117 Å². The van der Waals surface area contributed by atoms with E-state index in [0.29, 0.717) is 13.1 Å². The SMILES string of the molecule is CN(C)CCN(C)C(=O)Nc1ccc(O)cc1C(=O)O. The van der Waals surface area contributed by atoms with Gasteiger partial charge in [0, 0.05) is 20.1 Å². The second-order valence-corrected chi connectivity index (χ2v) is 4.69. The molecule has 0 heterocycles. The van der Waals surface area contributed by atoms with Gasteiger partial charge < -0.3 is 25.3 Å². The summed E-state index contributed by atoms with van der Waals surface area (Å²) < 4.78 is 0. The Morgan fingerprint density at radius 1 is 1.20 bits per heavy atom. The highest BCUT2D eigenvalue weighted by Crippen LogP contribution is 2.21. The number of anilines is 1. The molecule has 1 aromatic carbocycles. The molecule has 2 amide bonds. The number of nitrogens with one attached hydrogen (secondary N) is 1. The Morgan fingerprint density at radius 2 is 1.85 bits per heavy atom. The predicted molar refractivity (Wildman–Crippen MR) is 75.3 cm³/mol. The van der Waals surface area contributed by atoms with E-state index in [1.54, 1.807) is 7.05 Å². The van der Waals surface area contributed by atoms with Gasteiger partial charge in [-0.3, -0.25) is 0 Å². The summed E-state index contributed by atoms with van der Waals surface area (Å²) >= 11 is 0. The Bertz CT molecular complexity index is 502. The first-order chi connectivity index (χ1) is 9.31. The molecule has 0 unspecified atom stereocenters. The lowest BCUT2D eigenvalue weighted by atomic mass is 10.1. The first-order valence-electron chi connectivity index (χ1n) is 6.04. The number of carboxylic acids is 1. The monoisotopic (exact) mass is 281 g/mol. The summed E-state index contributed by atoms with van der Waals surface area (Å²) in [4.78, 5) is 26.4. The Balaban J connectivity index is 2.77. The second-order valence-electron chi connectivity index (χ2n) is 4.69. The number of phenols is 1. The van der Waals surface area contributed by atoms with Crippen LogP contribution in [0.15, 0.2) is 18.2 Å². The molecule has 0 aromatic heterocycles. The molecule has 0 atom stereocenters. The van der Waals surface area contributed by atoms with Crippen LogP contribution in [0, 0.1) is 0 Å². The molecule has 0 fully saturated rings. The van der Waals surface area contributed by atoms with E-state index < -0.39 is 12.0 Å². The molecular weight excluding hydrogens is 262 g/mol. The van der Waals surface area contributed by atoms with Crippen LogP contribution >= 0.6 is 0 Å². The summed E-state index contributed by atoms with van der Waals surface area (Å²) in [7, 11) is 5.42. The number of likely N-dealkylation sites (N-methyl/N-ethyl adjacent to an activating group) is 2. The van der Waals surface area contributed by atoms with E-state index in [-0.39, 0.29) is 17.0 Å². The number of rotatable bonds is 5. The van der Waals surface area contributed by atoms with E-state index in [9.17, 15) is 14.7 Å². The van der Waals surface area contributed by atoms with Crippen LogP contribution in [0.2, 0.25) is 0 Å². The highest BCUT2D eigenvalue weighted by Gasteiger charge is 2.15. The third-order valence-corrected chi connectivity index (χ3v) is 2.70. The standard InChI is InChI=1S/C13H19N3O4/c1-15(2)6-7-16(3)13(20)14-11-5-4-9(17)8-10(11)12(18)19/h4-5,8,17H,6-7H2,1-3H3,(H,14,20)(H,18,19). The van der Waals surface area contributed by atoms with Gasteiger partial charge in [-0.2, -0.15) is 0 Å². The first kappa shape index (κ1) is 15.8. The van der Waals surface area contributed by atoms with Crippen molar-refractivity contribution in [2.24, 2.45) is 0 Å². The molecule has 7 nitrogen and oxygen atoms in total. The number of nitrogens with zero attached hydrogens (tertiary/aromatic N) is 2.